The lowest BCUT2D eigenvalue weighted by Crippen LogP contribution is -2.34. The van der Waals surface area contributed by atoms with Gasteiger partial charge in [0.05, 0.1) is 0 Å². The molecule has 0 atom stereocenters. The fourth-order valence-corrected chi connectivity index (χ4v) is 6.95. The van der Waals surface area contributed by atoms with Crippen LogP contribution in [0.2, 0.25) is 0 Å². The van der Waals surface area contributed by atoms with E-state index in [1.807, 2.05) is 0 Å². The van der Waals surface area contributed by atoms with Crippen LogP contribution >= 0.6 is 7.92 Å². The van der Waals surface area contributed by atoms with Gasteiger partial charge in [0.15, 0.2) is 0 Å². The van der Waals surface area contributed by atoms with Gasteiger partial charge in [0.1, 0.15) is 0 Å². The summed E-state index contributed by atoms with van der Waals surface area (Å²) in [7, 11) is -0.567. The fourth-order valence-electron chi connectivity index (χ4n) is 4.58. The van der Waals surface area contributed by atoms with Crippen molar-refractivity contribution in [3.8, 4) is 0 Å². The molecule has 0 fully saturated rings. The summed E-state index contributed by atoms with van der Waals surface area (Å²) < 4.78 is 0. The highest BCUT2D eigenvalue weighted by atomic mass is 31.1. The Morgan fingerprint density at radius 3 is 1.07 bits per heavy atom. The maximum absolute atomic E-state index is 2.43. The molecule has 0 bridgehead atoms. The molecule has 134 valence electrons. The van der Waals surface area contributed by atoms with Gasteiger partial charge < -0.3 is 0 Å². The van der Waals surface area contributed by atoms with E-state index in [-0.39, 0.29) is 0 Å². The molecule has 0 saturated heterocycles. The smallest absolute Gasteiger partial charge is 0.0134 e. The number of hydrogen-bond acceptors (Lipinski definition) is 0. The van der Waals surface area contributed by atoms with Gasteiger partial charge in [-0.2, -0.15) is 0 Å². The molecule has 1 heteroatoms. The third-order valence-electron chi connectivity index (χ3n) is 6.01. The van der Waals surface area contributed by atoms with E-state index < -0.39 is 7.92 Å². The Morgan fingerprint density at radius 1 is 0.393 bits per heavy atom. The lowest BCUT2D eigenvalue weighted by molar-refractivity contribution is 1.56. The molecule has 0 radical (unpaired) electrons. The van der Waals surface area contributed by atoms with Crippen LogP contribution in [0, 0.1) is 0 Å². The highest BCUT2D eigenvalue weighted by Crippen LogP contribution is 2.30. The Morgan fingerprint density at radius 2 is 0.714 bits per heavy atom. The van der Waals surface area contributed by atoms with Crippen LogP contribution in [0.25, 0.3) is 36.5 Å². The van der Waals surface area contributed by atoms with Crippen LogP contribution in [0.5, 0.6) is 0 Å². The largest absolute Gasteiger partial charge is 0.0729 e. The minimum Gasteiger partial charge on any atom is -0.0729 e. The molecule has 0 nitrogen and oxygen atoms in total. The summed E-state index contributed by atoms with van der Waals surface area (Å²) in [5.74, 6) is 0. The molecule has 0 heterocycles. The zero-order chi connectivity index (χ0) is 18.5. The van der Waals surface area contributed by atoms with Crippen molar-refractivity contribution in [2.24, 2.45) is 0 Å². The molecule has 6 rings (SSSR count). The number of fused-ring (bicyclic) bond motifs is 3. The number of benzene rings is 3. The molecule has 0 spiro atoms. The van der Waals surface area contributed by atoms with E-state index in [0.29, 0.717) is 0 Å². The molecule has 0 saturated carbocycles. The van der Waals surface area contributed by atoms with Crippen molar-refractivity contribution in [3.63, 3.8) is 0 Å². The predicted molar refractivity (Wildman–Crippen MR) is 124 cm³/mol. The van der Waals surface area contributed by atoms with Gasteiger partial charge >= 0.3 is 0 Å². The molecule has 3 aliphatic carbocycles. The molecule has 3 aromatic carbocycles. The minimum atomic E-state index is -0.567. The summed E-state index contributed by atoms with van der Waals surface area (Å²) in [5.41, 5.74) is 0. The molecule has 0 aliphatic heterocycles. The van der Waals surface area contributed by atoms with Crippen molar-refractivity contribution >= 4 is 60.3 Å². The van der Waals surface area contributed by atoms with Crippen LogP contribution in [-0.2, 0) is 0 Å². The second-order valence-corrected chi connectivity index (χ2v) is 9.93. The van der Waals surface area contributed by atoms with Crippen molar-refractivity contribution in [1.29, 1.82) is 0 Å². The second-order valence-electron chi connectivity index (χ2n) is 7.71. The van der Waals surface area contributed by atoms with Gasteiger partial charge in [-0.1, -0.05) is 72.9 Å². The van der Waals surface area contributed by atoms with Crippen LogP contribution in [0.4, 0.5) is 0 Å². The van der Waals surface area contributed by atoms with E-state index in [9.17, 15) is 0 Å². The highest BCUT2D eigenvalue weighted by molar-refractivity contribution is 7.79. The lowest BCUT2D eigenvalue weighted by atomic mass is 10.2. The Kier molecular flexibility index (Phi) is 3.74. The summed E-state index contributed by atoms with van der Waals surface area (Å²) in [4.78, 5) is 0. The quantitative estimate of drug-likeness (QED) is 0.579. The van der Waals surface area contributed by atoms with Crippen LogP contribution in [0.1, 0.15) is 19.3 Å². The average molecular weight is 376 g/mol. The van der Waals surface area contributed by atoms with Gasteiger partial charge in [-0.05, 0) is 92.6 Å². The zero-order valence-electron chi connectivity index (χ0n) is 15.7. The average Bonchev–Trinajstić information content (AvgIpc) is 3.47. The van der Waals surface area contributed by atoms with E-state index in [0.717, 1.165) is 19.3 Å². The third-order valence-corrected chi connectivity index (χ3v) is 8.40. The van der Waals surface area contributed by atoms with E-state index in [1.54, 1.807) is 0 Å². The molecule has 3 aliphatic rings. The molecular formula is C27H21P. The molecule has 0 aromatic heterocycles. The maximum atomic E-state index is 2.43. The van der Waals surface area contributed by atoms with E-state index in [4.69, 9.17) is 0 Å². The molecule has 0 amide bonds. The van der Waals surface area contributed by atoms with Crippen molar-refractivity contribution in [2.45, 2.75) is 19.3 Å². The third kappa shape index (κ3) is 2.64. The van der Waals surface area contributed by atoms with Gasteiger partial charge in [-0.3, -0.25) is 0 Å². The van der Waals surface area contributed by atoms with Crippen LogP contribution in [-0.4, -0.2) is 0 Å². The van der Waals surface area contributed by atoms with Crippen molar-refractivity contribution in [2.75, 3.05) is 0 Å². The van der Waals surface area contributed by atoms with Crippen LogP contribution < -0.4 is 47.2 Å². The lowest BCUT2D eigenvalue weighted by Gasteiger charge is -2.19. The van der Waals surface area contributed by atoms with Crippen molar-refractivity contribution in [1.82, 2.24) is 0 Å². The first kappa shape index (κ1) is 16.3. The fraction of sp³-hybridized carbons (Fsp3) is 0.111. The van der Waals surface area contributed by atoms with Crippen LogP contribution in [0.15, 0.2) is 54.6 Å². The topological polar surface area (TPSA) is 0 Å². The first-order valence-electron chi connectivity index (χ1n) is 10.1. The van der Waals surface area contributed by atoms with E-state index in [2.05, 4.69) is 91.1 Å². The number of rotatable bonds is 3. The van der Waals surface area contributed by atoms with Gasteiger partial charge in [0, 0.05) is 0 Å². The Labute approximate surface area is 165 Å². The summed E-state index contributed by atoms with van der Waals surface area (Å²) in [5, 5.41) is 12.7. The maximum Gasteiger partial charge on any atom is -0.0134 e. The Bertz CT molecular complexity index is 1310. The van der Waals surface area contributed by atoms with Gasteiger partial charge in [-0.15, -0.1) is 0 Å². The SMILES string of the molecule is C1=c2ccc(P(c3ccc4c(c3)=CCC=4)c3ccc4c(c3)=CCC=4)cc2=CC1. The highest BCUT2D eigenvalue weighted by Gasteiger charge is 2.18. The molecule has 3 aromatic rings. The first-order valence-corrected chi connectivity index (χ1v) is 11.4. The zero-order valence-corrected chi connectivity index (χ0v) is 16.6. The summed E-state index contributed by atoms with van der Waals surface area (Å²) in [6.07, 6.45) is 17.2. The summed E-state index contributed by atoms with van der Waals surface area (Å²) >= 11 is 0. The molecular weight excluding hydrogens is 355 g/mol. The van der Waals surface area contributed by atoms with Gasteiger partial charge in [0.2, 0.25) is 0 Å². The number of hydrogen-bond donors (Lipinski definition) is 0. The predicted octanol–water partition coefficient (Wildman–Crippen LogP) is 0.339. The summed E-state index contributed by atoms with van der Waals surface area (Å²) in [6, 6.07) is 21.3. The normalized spacial score (nSPS) is 15.3. The Balaban J connectivity index is 1.60. The molecule has 0 unspecified atom stereocenters. The van der Waals surface area contributed by atoms with E-state index >= 15 is 0 Å². The monoisotopic (exact) mass is 376 g/mol. The molecule has 0 N–H and O–H groups in total. The minimum absolute atomic E-state index is 0.567. The van der Waals surface area contributed by atoms with Crippen molar-refractivity contribution in [3.05, 3.63) is 85.9 Å². The summed E-state index contributed by atoms with van der Waals surface area (Å²) in [6.45, 7) is 0. The van der Waals surface area contributed by atoms with E-state index in [1.165, 1.54) is 47.2 Å². The molecule has 28 heavy (non-hydrogen) atoms. The Hall–Kier alpha value is -2.69. The van der Waals surface area contributed by atoms with Crippen molar-refractivity contribution < 1.29 is 0 Å². The second kappa shape index (κ2) is 6.43. The standard InChI is InChI=1S/C27H21P/c1-4-19-10-13-25(16-22(19)7-1)28(26-14-11-20-5-2-8-23(20)17-26)27-15-12-21-6-3-9-24(21)18-27/h4-18H,1-3H2. The van der Waals surface area contributed by atoms with Crippen LogP contribution in [0.3, 0.4) is 0 Å². The first-order chi connectivity index (χ1) is 13.8. The van der Waals surface area contributed by atoms with Gasteiger partial charge in [0.25, 0.3) is 0 Å². The van der Waals surface area contributed by atoms with Gasteiger partial charge in [-0.25, -0.2) is 0 Å².